The third-order valence-corrected chi connectivity index (χ3v) is 2.17. The number of anilines is 1. The molecule has 0 heterocycles. The first-order valence-corrected chi connectivity index (χ1v) is 4.85. The highest BCUT2D eigenvalue weighted by molar-refractivity contribution is 5.58. The lowest BCUT2D eigenvalue weighted by Crippen LogP contribution is -2.40. The number of benzene rings is 1. The molecule has 0 radical (unpaired) electrons. The monoisotopic (exact) mass is 211 g/mol. The molecular weight excluding hydrogens is 194 g/mol. The van der Waals surface area contributed by atoms with Gasteiger partial charge in [-0.1, -0.05) is 12.1 Å². The van der Waals surface area contributed by atoms with Crippen LogP contribution in [0.15, 0.2) is 24.3 Å². The molecule has 15 heavy (non-hydrogen) atoms. The zero-order valence-electron chi connectivity index (χ0n) is 9.21. The highest BCUT2D eigenvalue weighted by atomic mass is 16.5. The molecule has 84 valence electrons. The second kappa shape index (κ2) is 5.00. The maximum absolute atomic E-state index is 9.57. The van der Waals surface area contributed by atoms with Crippen LogP contribution in [0.25, 0.3) is 0 Å². The summed E-state index contributed by atoms with van der Waals surface area (Å²) in [5.74, 6) is 0.624. The minimum absolute atomic E-state index is 0.624. The molecule has 0 saturated heterocycles. The summed E-state index contributed by atoms with van der Waals surface area (Å²) in [5.41, 5.74) is 0.671. The number of ether oxygens (including phenoxy) is 1. The Bertz CT molecular complexity index is 304. The lowest BCUT2D eigenvalue weighted by molar-refractivity contribution is 0.104. The molecule has 2 N–H and O–H groups in total. The van der Waals surface area contributed by atoms with Crippen molar-refractivity contribution in [1.82, 2.24) is 0 Å². The van der Waals surface area contributed by atoms with E-state index in [0.29, 0.717) is 11.4 Å². The van der Waals surface area contributed by atoms with Crippen LogP contribution in [0.4, 0.5) is 5.69 Å². The fourth-order valence-electron chi connectivity index (χ4n) is 1.56. The maximum atomic E-state index is 9.57. The number of hydrogen-bond acceptors (Lipinski definition) is 4. The lowest BCUT2D eigenvalue weighted by atomic mass is 10.2. The molecule has 2 atom stereocenters. The SMILES string of the molecule is COc1ccccc1N(C(C)O)C(C)O. The van der Waals surface area contributed by atoms with Crippen molar-refractivity contribution in [2.24, 2.45) is 0 Å². The smallest absolute Gasteiger partial charge is 0.142 e. The minimum atomic E-state index is -0.777. The number of aliphatic hydroxyl groups excluding tert-OH is 2. The molecule has 0 saturated carbocycles. The third-order valence-electron chi connectivity index (χ3n) is 2.17. The van der Waals surface area contributed by atoms with Crippen LogP contribution in [0, 0.1) is 0 Å². The Morgan fingerprint density at radius 3 is 2.13 bits per heavy atom. The molecule has 1 aromatic rings. The van der Waals surface area contributed by atoms with Gasteiger partial charge in [0.15, 0.2) is 0 Å². The Balaban J connectivity index is 3.10. The number of rotatable bonds is 4. The van der Waals surface area contributed by atoms with Gasteiger partial charge in [0, 0.05) is 0 Å². The van der Waals surface area contributed by atoms with Crippen molar-refractivity contribution in [3.8, 4) is 5.75 Å². The topological polar surface area (TPSA) is 52.9 Å². The fraction of sp³-hybridized carbons (Fsp3) is 0.455. The van der Waals surface area contributed by atoms with Crippen LogP contribution in [-0.2, 0) is 0 Å². The summed E-state index contributed by atoms with van der Waals surface area (Å²) in [7, 11) is 1.56. The Morgan fingerprint density at radius 2 is 1.67 bits per heavy atom. The number of nitrogens with zero attached hydrogens (tertiary/aromatic N) is 1. The van der Waals surface area contributed by atoms with Crippen molar-refractivity contribution < 1.29 is 14.9 Å². The van der Waals surface area contributed by atoms with Gasteiger partial charge in [0.05, 0.1) is 12.8 Å². The molecule has 4 heteroatoms. The van der Waals surface area contributed by atoms with Gasteiger partial charge in [0.1, 0.15) is 18.2 Å². The van der Waals surface area contributed by atoms with Gasteiger partial charge in [-0.2, -0.15) is 0 Å². The van der Waals surface area contributed by atoms with E-state index in [1.807, 2.05) is 12.1 Å². The van der Waals surface area contributed by atoms with Gasteiger partial charge in [0.2, 0.25) is 0 Å². The molecule has 4 nitrogen and oxygen atoms in total. The van der Waals surface area contributed by atoms with E-state index in [1.54, 1.807) is 33.1 Å². The molecule has 0 bridgehead atoms. The molecule has 1 rings (SSSR count). The quantitative estimate of drug-likeness (QED) is 0.734. The summed E-state index contributed by atoms with van der Waals surface area (Å²) in [6.07, 6.45) is -1.55. The van der Waals surface area contributed by atoms with Gasteiger partial charge >= 0.3 is 0 Å². The van der Waals surface area contributed by atoms with E-state index >= 15 is 0 Å². The Morgan fingerprint density at radius 1 is 1.13 bits per heavy atom. The molecule has 0 fully saturated rings. The van der Waals surface area contributed by atoms with Crippen LogP contribution in [-0.4, -0.2) is 29.8 Å². The van der Waals surface area contributed by atoms with Crippen molar-refractivity contribution in [3.05, 3.63) is 24.3 Å². The van der Waals surface area contributed by atoms with Crippen LogP contribution in [0.2, 0.25) is 0 Å². The molecule has 0 aliphatic heterocycles. The molecule has 0 aromatic heterocycles. The Kier molecular flexibility index (Phi) is 3.94. The van der Waals surface area contributed by atoms with Gasteiger partial charge in [0.25, 0.3) is 0 Å². The van der Waals surface area contributed by atoms with Crippen molar-refractivity contribution in [1.29, 1.82) is 0 Å². The van der Waals surface area contributed by atoms with Gasteiger partial charge in [-0.3, -0.25) is 0 Å². The van der Waals surface area contributed by atoms with Crippen LogP contribution in [0.1, 0.15) is 13.8 Å². The van der Waals surface area contributed by atoms with Crippen molar-refractivity contribution in [2.45, 2.75) is 26.3 Å². The van der Waals surface area contributed by atoms with Gasteiger partial charge in [-0.15, -0.1) is 0 Å². The number of aliphatic hydroxyl groups is 2. The van der Waals surface area contributed by atoms with Crippen LogP contribution in [0.5, 0.6) is 5.75 Å². The summed E-state index contributed by atoms with van der Waals surface area (Å²) in [5, 5.41) is 19.1. The van der Waals surface area contributed by atoms with E-state index < -0.39 is 12.5 Å². The minimum Gasteiger partial charge on any atom is -0.495 e. The van der Waals surface area contributed by atoms with Crippen molar-refractivity contribution in [2.75, 3.05) is 12.0 Å². The van der Waals surface area contributed by atoms with Gasteiger partial charge in [-0.25, -0.2) is 0 Å². The Labute approximate surface area is 89.7 Å². The Hall–Kier alpha value is -1.26. The standard InChI is InChI=1S/C11H17NO3/c1-8(13)12(9(2)14)10-6-4-5-7-11(10)15-3/h4-9,13-14H,1-3H3. The van der Waals surface area contributed by atoms with E-state index in [4.69, 9.17) is 4.74 Å². The van der Waals surface area contributed by atoms with Gasteiger partial charge < -0.3 is 19.8 Å². The number of methoxy groups -OCH3 is 1. The summed E-state index contributed by atoms with van der Waals surface area (Å²) in [4.78, 5) is 1.47. The highest BCUT2D eigenvalue weighted by Crippen LogP contribution is 2.29. The maximum Gasteiger partial charge on any atom is 0.142 e. The van der Waals surface area contributed by atoms with E-state index in [-0.39, 0.29) is 0 Å². The summed E-state index contributed by atoms with van der Waals surface area (Å²) >= 11 is 0. The molecule has 0 aliphatic carbocycles. The number of para-hydroxylation sites is 2. The first kappa shape index (κ1) is 11.8. The summed E-state index contributed by atoms with van der Waals surface area (Å²) in [6.45, 7) is 3.19. The van der Waals surface area contributed by atoms with Crippen LogP contribution >= 0.6 is 0 Å². The van der Waals surface area contributed by atoms with Crippen LogP contribution < -0.4 is 9.64 Å². The molecule has 0 amide bonds. The second-order valence-corrected chi connectivity index (χ2v) is 3.34. The first-order valence-electron chi connectivity index (χ1n) is 4.85. The normalized spacial score (nSPS) is 14.5. The average Bonchev–Trinajstić information content (AvgIpc) is 2.17. The average molecular weight is 211 g/mol. The van der Waals surface area contributed by atoms with E-state index in [1.165, 1.54) is 4.90 Å². The summed E-state index contributed by atoms with van der Waals surface area (Å²) < 4.78 is 5.16. The molecule has 0 aliphatic rings. The predicted octanol–water partition coefficient (Wildman–Crippen LogP) is 1.18. The molecule has 0 spiro atoms. The molecule has 2 unspecified atom stereocenters. The lowest BCUT2D eigenvalue weighted by Gasteiger charge is -2.31. The predicted molar refractivity (Wildman–Crippen MR) is 58.8 cm³/mol. The fourth-order valence-corrected chi connectivity index (χ4v) is 1.56. The number of hydrogen-bond donors (Lipinski definition) is 2. The van der Waals surface area contributed by atoms with E-state index in [9.17, 15) is 10.2 Å². The van der Waals surface area contributed by atoms with Gasteiger partial charge in [-0.05, 0) is 26.0 Å². The largest absolute Gasteiger partial charge is 0.495 e. The third kappa shape index (κ3) is 2.61. The first-order chi connectivity index (χ1) is 7.07. The molecule has 1 aromatic carbocycles. The zero-order valence-corrected chi connectivity index (χ0v) is 9.21. The summed E-state index contributed by atoms with van der Waals surface area (Å²) in [6, 6.07) is 7.24. The van der Waals surface area contributed by atoms with E-state index in [0.717, 1.165) is 0 Å². The highest BCUT2D eigenvalue weighted by Gasteiger charge is 2.19. The van der Waals surface area contributed by atoms with E-state index in [2.05, 4.69) is 0 Å². The second-order valence-electron chi connectivity index (χ2n) is 3.34. The zero-order chi connectivity index (χ0) is 11.4. The molecular formula is C11H17NO3. The van der Waals surface area contributed by atoms with Crippen LogP contribution in [0.3, 0.4) is 0 Å². The van der Waals surface area contributed by atoms with Crippen molar-refractivity contribution in [3.63, 3.8) is 0 Å². The van der Waals surface area contributed by atoms with Crippen molar-refractivity contribution >= 4 is 5.69 Å².